The minimum atomic E-state index is -4.13. The van der Waals surface area contributed by atoms with Gasteiger partial charge in [0.25, 0.3) is 10.0 Å². The molecule has 0 saturated heterocycles. The number of nitrogens with zero attached hydrogens (tertiary/aromatic N) is 1. The SMILES string of the molecule is Cc1cncc(S(=O)(=O)Nc2c(F)cc(Cl)cc2-c2ccc(OC(C)(C)C(=O)O)cc2)c1. The Morgan fingerprint density at radius 3 is 2.41 bits per heavy atom. The van der Waals surface area contributed by atoms with Gasteiger partial charge in [-0.05, 0) is 62.2 Å². The molecule has 1 heterocycles. The summed E-state index contributed by atoms with van der Waals surface area (Å²) in [4.78, 5) is 15.0. The number of carboxylic acid groups (broad SMARTS) is 1. The number of benzene rings is 2. The molecule has 3 aromatic rings. The second kappa shape index (κ2) is 8.76. The molecule has 1 aromatic heterocycles. The normalized spacial score (nSPS) is 11.8. The van der Waals surface area contributed by atoms with E-state index < -0.39 is 27.4 Å². The Morgan fingerprint density at radius 2 is 1.81 bits per heavy atom. The number of pyridine rings is 1. The number of aromatic nitrogens is 1. The van der Waals surface area contributed by atoms with E-state index in [9.17, 15) is 22.7 Å². The van der Waals surface area contributed by atoms with Gasteiger partial charge in [0.05, 0.1) is 5.69 Å². The van der Waals surface area contributed by atoms with Gasteiger partial charge in [-0.25, -0.2) is 17.6 Å². The molecule has 10 heteroatoms. The maximum atomic E-state index is 14.8. The molecule has 168 valence electrons. The van der Waals surface area contributed by atoms with E-state index in [0.29, 0.717) is 11.1 Å². The van der Waals surface area contributed by atoms with Crippen LogP contribution in [-0.2, 0) is 14.8 Å². The molecule has 0 spiro atoms. The zero-order chi connectivity index (χ0) is 23.7. The fraction of sp³-hybridized carbons (Fsp3) is 0.182. The standard InChI is InChI=1S/C22H20ClFN2O5S/c1-13-8-17(12-25-11-13)32(29,30)26-20-18(9-15(23)10-19(20)24)14-4-6-16(7-5-14)31-22(2,3)21(27)28/h4-12,26H,1-3H3,(H,27,28). The van der Waals surface area contributed by atoms with E-state index in [0.717, 1.165) is 6.07 Å². The zero-order valence-electron chi connectivity index (χ0n) is 17.4. The summed E-state index contributed by atoms with van der Waals surface area (Å²) in [5.74, 6) is -1.72. The van der Waals surface area contributed by atoms with Crippen LogP contribution >= 0.6 is 11.6 Å². The molecule has 32 heavy (non-hydrogen) atoms. The number of carbonyl (C=O) groups is 1. The number of ether oxygens (including phenoxy) is 1. The maximum Gasteiger partial charge on any atom is 0.347 e. The largest absolute Gasteiger partial charge is 0.478 e. The first-order chi connectivity index (χ1) is 14.9. The third-order valence-electron chi connectivity index (χ3n) is 4.50. The van der Waals surface area contributed by atoms with Gasteiger partial charge in [-0.1, -0.05) is 23.7 Å². The number of carboxylic acids is 1. The molecule has 3 rings (SSSR count). The van der Waals surface area contributed by atoms with Crippen molar-refractivity contribution < 1.29 is 27.4 Å². The van der Waals surface area contributed by atoms with Gasteiger partial charge in [-0.15, -0.1) is 0 Å². The van der Waals surface area contributed by atoms with Crippen molar-refractivity contribution in [2.24, 2.45) is 0 Å². The van der Waals surface area contributed by atoms with Crippen LogP contribution in [0.25, 0.3) is 11.1 Å². The van der Waals surface area contributed by atoms with Crippen molar-refractivity contribution in [2.45, 2.75) is 31.3 Å². The average molecular weight is 479 g/mol. The fourth-order valence-electron chi connectivity index (χ4n) is 2.81. The molecule has 2 N–H and O–H groups in total. The van der Waals surface area contributed by atoms with Crippen molar-refractivity contribution >= 4 is 33.3 Å². The van der Waals surface area contributed by atoms with Gasteiger partial charge in [-0.3, -0.25) is 9.71 Å². The second-order valence-electron chi connectivity index (χ2n) is 7.56. The first-order valence-corrected chi connectivity index (χ1v) is 11.2. The molecule has 0 bridgehead atoms. The van der Waals surface area contributed by atoms with E-state index in [1.165, 1.54) is 50.5 Å². The molecule has 0 aliphatic carbocycles. The molecule has 2 aromatic carbocycles. The van der Waals surface area contributed by atoms with Gasteiger partial charge < -0.3 is 9.84 Å². The highest BCUT2D eigenvalue weighted by Gasteiger charge is 2.29. The van der Waals surface area contributed by atoms with Crippen LogP contribution in [0.1, 0.15) is 19.4 Å². The van der Waals surface area contributed by atoms with Crippen LogP contribution in [0.15, 0.2) is 59.8 Å². The van der Waals surface area contributed by atoms with Crippen molar-refractivity contribution in [3.05, 3.63) is 71.3 Å². The van der Waals surface area contributed by atoms with Crippen LogP contribution in [0.3, 0.4) is 0 Å². The lowest BCUT2D eigenvalue weighted by atomic mass is 10.0. The maximum absolute atomic E-state index is 14.8. The van der Waals surface area contributed by atoms with E-state index >= 15 is 0 Å². The van der Waals surface area contributed by atoms with Crippen LogP contribution in [0.4, 0.5) is 10.1 Å². The molecule has 0 fully saturated rings. The molecule has 7 nitrogen and oxygen atoms in total. The Bertz CT molecular complexity index is 1280. The fourth-order valence-corrected chi connectivity index (χ4v) is 4.15. The summed E-state index contributed by atoms with van der Waals surface area (Å²) in [6, 6.07) is 9.94. The summed E-state index contributed by atoms with van der Waals surface area (Å²) < 4.78 is 48.2. The summed E-state index contributed by atoms with van der Waals surface area (Å²) >= 11 is 6.02. The Kier molecular flexibility index (Phi) is 6.43. The van der Waals surface area contributed by atoms with Gasteiger partial charge >= 0.3 is 5.97 Å². The summed E-state index contributed by atoms with van der Waals surface area (Å²) in [5.41, 5.74) is -0.470. The molecular weight excluding hydrogens is 459 g/mol. The minimum absolute atomic E-state index is 0.0741. The lowest BCUT2D eigenvalue weighted by Crippen LogP contribution is -2.37. The van der Waals surface area contributed by atoms with Crippen LogP contribution in [-0.4, -0.2) is 30.1 Å². The molecule has 0 aliphatic rings. The van der Waals surface area contributed by atoms with Gasteiger partial charge in [0, 0.05) is 23.0 Å². The van der Waals surface area contributed by atoms with Crippen LogP contribution < -0.4 is 9.46 Å². The lowest BCUT2D eigenvalue weighted by Gasteiger charge is -2.21. The molecular formula is C22H20ClFN2O5S. The van der Waals surface area contributed by atoms with Crippen molar-refractivity contribution in [2.75, 3.05) is 4.72 Å². The monoisotopic (exact) mass is 478 g/mol. The predicted molar refractivity (Wildman–Crippen MR) is 119 cm³/mol. The second-order valence-corrected chi connectivity index (χ2v) is 9.67. The first-order valence-electron chi connectivity index (χ1n) is 9.35. The predicted octanol–water partition coefficient (Wildman–Crippen LogP) is 4.89. The minimum Gasteiger partial charge on any atom is -0.478 e. The molecule has 0 unspecified atom stereocenters. The van der Waals surface area contributed by atoms with Gasteiger partial charge in [0.1, 0.15) is 16.5 Å². The third kappa shape index (κ3) is 5.17. The number of rotatable bonds is 7. The summed E-state index contributed by atoms with van der Waals surface area (Å²) in [6.45, 7) is 4.50. The quantitative estimate of drug-likeness (QED) is 0.500. The van der Waals surface area contributed by atoms with E-state index in [-0.39, 0.29) is 26.9 Å². The van der Waals surface area contributed by atoms with Crippen LogP contribution in [0.2, 0.25) is 5.02 Å². The molecule has 0 aliphatic heterocycles. The molecule has 0 atom stereocenters. The highest BCUT2D eigenvalue weighted by atomic mass is 35.5. The number of anilines is 1. The Hall–Kier alpha value is -3.17. The van der Waals surface area contributed by atoms with Crippen molar-refractivity contribution in [1.82, 2.24) is 4.98 Å². The van der Waals surface area contributed by atoms with E-state index in [4.69, 9.17) is 16.3 Å². The van der Waals surface area contributed by atoms with Crippen molar-refractivity contribution in [1.29, 1.82) is 0 Å². The Balaban J connectivity index is 2.00. The number of aryl methyl sites for hydroxylation is 1. The van der Waals surface area contributed by atoms with E-state index in [2.05, 4.69) is 9.71 Å². The Labute approximate surface area is 189 Å². The third-order valence-corrected chi connectivity index (χ3v) is 6.04. The summed E-state index contributed by atoms with van der Waals surface area (Å²) in [5, 5.41) is 9.28. The molecule has 0 saturated carbocycles. The zero-order valence-corrected chi connectivity index (χ0v) is 19.0. The molecule has 0 amide bonds. The molecule has 0 radical (unpaired) electrons. The van der Waals surface area contributed by atoms with E-state index in [1.807, 2.05) is 0 Å². The number of hydrogen-bond acceptors (Lipinski definition) is 5. The van der Waals surface area contributed by atoms with Gasteiger partial charge in [0.2, 0.25) is 0 Å². The van der Waals surface area contributed by atoms with Gasteiger partial charge in [0.15, 0.2) is 5.60 Å². The summed E-state index contributed by atoms with van der Waals surface area (Å²) in [6.07, 6.45) is 2.67. The average Bonchev–Trinajstić information content (AvgIpc) is 2.70. The highest BCUT2D eigenvalue weighted by molar-refractivity contribution is 7.92. The topological polar surface area (TPSA) is 106 Å². The van der Waals surface area contributed by atoms with Crippen LogP contribution in [0, 0.1) is 12.7 Å². The van der Waals surface area contributed by atoms with Crippen LogP contribution in [0.5, 0.6) is 5.75 Å². The van der Waals surface area contributed by atoms with Crippen molar-refractivity contribution in [3.63, 3.8) is 0 Å². The number of nitrogens with one attached hydrogen (secondary N) is 1. The Morgan fingerprint density at radius 1 is 1.16 bits per heavy atom. The number of aliphatic carboxylic acids is 1. The lowest BCUT2D eigenvalue weighted by molar-refractivity contribution is -0.152. The smallest absolute Gasteiger partial charge is 0.347 e. The van der Waals surface area contributed by atoms with E-state index in [1.54, 1.807) is 19.1 Å². The van der Waals surface area contributed by atoms with Gasteiger partial charge in [-0.2, -0.15) is 0 Å². The number of halogens is 2. The van der Waals surface area contributed by atoms with Crippen molar-refractivity contribution in [3.8, 4) is 16.9 Å². The summed E-state index contributed by atoms with van der Waals surface area (Å²) in [7, 11) is -4.13. The first kappa shape index (κ1) is 23.5. The highest BCUT2D eigenvalue weighted by Crippen LogP contribution is 2.36. The number of sulfonamides is 1. The number of hydrogen-bond donors (Lipinski definition) is 2.